The van der Waals surface area contributed by atoms with E-state index in [0.29, 0.717) is 17.8 Å². The van der Waals surface area contributed by atoms with E-state index in [1.807, 2.05) is 30.3 Å². The van der Waals surface area contributed by atoms with Crippen LogP contribution in [0.15, 0.2) is 53.0 Å². The second-order valence-corrected chi connectivity index (χ2v) is 5.69. The van der Waals surface area contributed by atoms with Gasteiger partial charge in [0.05, 0.1) is 11.4 Å². The highest BCUT2D eigenvalue weighted by Crippen LogP contribution is 2.29. The number of rotatable bonds is 1. The quantitative estimate of drug-likeness (QED) is 0.861. The molecule has 1 aliphatic rings. The molecular formula is C16H13BrN2O2. The zero-order chi connectivity index (χ0) is 14.8. The van der Waals surface area contributed by atoms with Crippen molar-refractivity contribution < 1.29 is 9.59 Å². The number of benzene rings is 2. The van der Waals surface area contributed by atoms with Crippen molar-refractivity contribution >= 4 is 39.1 Å². The van der Waals surface area contributed by atoms with Crippen molar-refractivity contribution in [2.75, 3.05) is 16.8 Å². The molecule has 106 valence electrons. The lowest BCUT2D eigenvalue weighted by molar-refractivity contribution is -0.115. The van der Waals surface area contributed by atoms with Crippen molar-refractivity contribution in [2.45, 2.75) is 6.42 Å². The lowest BCUT2D eigenvalue weighted by Crippen LogP contribution is -2.31. The first-order valence-electron chi connectivity index (χ1n) is 6.61. The molecule has 0 bridgehead atoms. The van der Waals surface area contributed by atoms with Gasteiger partial charge in [0.25, 0.3) is 5.91 Å². The van der Waals surface area contributed by atoms with E-state index in [2.05, 4.69) is 21.2 Å². The molecule has 2 aromatic carbocycles. The standard InChI is InChI=1S/C16H13BrN2O2/c17-12-7-5-11(6-8-12)16(21)19-10-9-15(20)18-13-3-1-2-4-14(13)19/h1-8H,9-10H2,(H,18,20). The Bertz CT molecular complexity index is 698. The van der Waals surface area contributed by atoms with Gasteiger partial charge in [-0.2, -0.15) is 0 Å². The van der Waals surface area contributed by atoms with E-state index in [-0.39, 0.29) is 18.2 Å². The van der Waals surface area contributed by atoms with E-state index < -0.39 is 0 Å². The molecule has 0 aromatic heterocycles. The number of carbonyl (C=O) groups is 2. The maximum atomic E-state index is 12.7. The molecule has 2 amide bonds. The van der Waals surface area contributed by atoms with Crippen LogP contribution in [-0.4, -0.2) is 18.4 Å². The van der Waals surface area contributed by atoms with Crippen LogP contribution in [0.25, 0.3) is 0 Å². The van der Waals surface area contributed by atoms with Gasteiger partial charge in [0.15, 0.2) is 0 Å². The highest BCUT2D eigenvalue weighted by molar-refractivity contribution is 9.10. The summed E-state index contributed by atoms with van der Waals surface area (Å²) in [4.78, 5) is 26.1. The highest BCUT2D eigenvalue weighted by atomic mass is 79.9. The Hall–Kier alpha value is -2.14. The molecule has 0 aliphatic carbocycles. The lowest BCUT2D eigenvalue weighted by Gasteiger charge is -2.22. The van der Waals surface area contributed by atoms with Crippen LogP contribution in [0.3, 0.4) is 0 Å². The van der Waals surface area contributed by atoms with Crippen molar-refractivity contribution in [3.05, 3.63) is 58.6 Å². The van der Waals surface area contributed by atoms with E-state index >= 15 is 0 Å². The zero-order valence-electron chi connectivity index (χ0n) is 11.2. The minimum Gasteiger partial charge on any atom is -0.324 e. The van der Waals surface area contributed by atoms with Gasteiger partial charge in [-0.25, -0.2) is 0 Å². The minimum absolute atomic E-state index is 0.0754. The molecule has 5 heteroatoms. The van der Waals surface area contributed by atoms with Crippen molar-refractivity contribution in [1.82, 2.24) is 0 Å². The van der Waals surface area contributed by atoms with Crippen molar-refractivity contribution in [1.29, 1.82) is 0 Å². The molecule has 0 unspecified atom stereocenters. The van der Waals surface area contributed by atoms with Crippen LogP contribution in [0.4, 0.5) is 11.4 Å². The second kappa shape index (κ2) is 5.69. The fraction of sp³-hybridized carbons (Fsp3) is 0.125. The summed E-state index contributed by atoms with van der Waals surface area (Å²) in [5.74, 6) is -0.181. The third-order valence-corrected chi connectivity index (χ3v) is 3.90. The molecule has 0 saturated carbocycles. The van der Waals surface area contributed by atoms with Gasteiger partial charge in [0, 0.05) is 23.0 Å². The van der Waals surface area contributed by atoms with Gasteiger partial charge in [0.1, 0.15) is 0 Å². The fourth-order valence-corrected chi connectivity index (χ4v) is 2.58. The summed E-state index contributed by atoms with van der Waals surface area (Å²) in [6.07, 6.45) is 0.289. The third-order valence-electron chi connectivity index (χ3n) is 3.37. The van der Waals surface area contributed by atoms with Gasteiger partial charge in [-0.3, -0.25) is 9.59 Å². The van der Waals surface area contributed by atoms with Crippen LogP contribution in [0.2, 0.25) is 0 Å². The van der Waals surface area contributed by atoms with Crippen molar-refractivity contribution in [3.8, 4) is 0 Å². The van der Waals surface area contributed by atoms with E-state index in [1.165, 1.54) is 0 Å². The molecule has 1 heterocycles. The Kier molecular flexibility index (Phi) is 3.75. The van der Waals surface area contributed by atoms with E-state index in [9.17, 15) is 9.59 Å². The second-order valence-electron chi connectivity index (χ2n) is 4.78. The predicted molar refractivity (Wildman–Crippen MR) is 85.5 cm³/mol. The number of hydrogen-bond acceptors (Lipinski definition) is 2. The topological polar surface area (TPSA) is 49.4 Å². The third kappa shape index (κ3) is 2.83. The van der Waals surface area contributed by atoms with Gasteiger partial charge in [-0.05, 0) is 36.4 Å². The van der Waals surface area contributed by atoms with Crippen molar-refractivity contribution in [3.63, 3.8) is 0 Å². The average molecular weight is 345 g/mol. The molecule has 0 atom stereocenters. The summed E-state index contributed by atoms with van der Waals surface area (Å²) in [6, 6.07) is 14.6. The van der Waals surface area contributed by atoms with Crippen LogP contribution >= 0.6 is 15.9 Å². The Morgan fingerprint density at radius 2 is 1.81 bits per heavy atom. The maximum Gasteiger partial charge on any atom is 0.258 e. The van der Waals surface area contributed by atoms with Gasteiger partial charge >= 0.3 is 0 Å². The zero-order valence-corrected chi connectivity index (χ0v) is 12.8. The molecule has 0 radical (unpaired) electrons. The Balaban J connectivity index is 1.99. The SMILES string of the molecule is O=C1CCN(C(=O)c2ccc(Br)cc2)c2ccccc2N1. The van der Waals surface area contributed by atoms with Gasteiger partial charge in [0.2, 0.25) is 5.91 Å². The largest absolute Gasteiger partial charge is 0.324 e. The van der Waals surface area contributed by atoms with Gasteiger partial charge < -0.3 is 10.2 Å². The average Bonchev–Trinajstić information content (AvgIpc) is 2.65. The number of para-hydroxylation sites is 2. The first kappa shape index (κ1) is 13.8. The summed E-state index contributed by atoms with van der Waals surface area (Å²) < 4.78 is 0.923. The lowest BCUT2D eigenvalue weighted by atomic mass is 10.1. The predicted octanol–water partition coefficient (Wildman–Crippen LogP) is 3.44. The molecule has 21 heavy (non-hydrogen) atoms. The monoisotopic (exact) mass is 344 g/mol. The van der Waals surface area contributed by atoms with Crippen LogP contribution in [0.1, 0.15) is 16.8 Å². The molecule has 3 rings (SSSR count). The highest BCUT2D eigenvalue weighted by Gasteiger charge is 2.24. The summed E-state index contributed by atoms with van der Waals surface area (Å²) in [5.41, 5.74) is 2.00. The minimum atomic E-state index is -0.105. The number of nitrogens with zero attached hydrogens (tertiary/aromatic N) is 1. The molecule has 0 spiro atoms. The normalized spacial score (nSPS) is 14.1. The maximum absolute atomic E-state index is 12.7. The molecule has 1 aliphatic heterocycles. The van der Waals surface area contributed by atoms with Crippen LogP contribution in [0, 0.1) is 0 Å². The fourth-order valence-electron chi connectivity index (χ4n) is 2.32. The molecule has 2 aromatic rings. The van der Waals surface area contributed by atoms with Crippen LogP contribution in [0.5, 0.6) is 0 Å². The summed E-state index contributed by atoms with van der Waals surface area (Å²) in [5, 5.41) is 2.83. The first-order chi connectivity index (χ1) is 10.1. The summed E-state index contributed by atoms with van der Waals surface area (Å²) in [6.45, 7) is 0.373. The number of nitrogens with one attached hydrogen (secondary N) is 1. The van der Waals surface area contributed by atoms with Crippen molar-refractivity contribution in [2.24, 2.45) is 0 Å². The number of halogens is 1. The smallest absolute Gasteiger partial charge is 0.258 e. The number of hydrogen-bond donors (Lipinski definition) is 1. The number of anilines is 2. The van der Waals surface area contributed by atoms with Crippen LogP contribution in [-0.2, 0) is 4.79 Å². The Labute approximate surface area is 130 Å². The number of amides is 2. The molecule has 0 fully saturated rings. The number of fused-ring (bicyclic) bond motifs is 1. The number of carbonyl (C=O) groups excluding carboxylic acids is 2. The molecule has 0 saturated heterocycles. The Morgan fingerprint density at radius 3 is 2.57 bits per heavy atom. The van der Waals surface area contributed by atoms with E-state index in [4.69, 9.17) is 0 Å². The van der Waals surface area contributed by atoms with E-state index in [0.717, 1.165) is 10.2 Å². The first-order valence-corrected chi connectivity index (χ1v) is 7.41. The van der Waals surface area contributed by atoms with E-state index in [1.54, 1.807) is 23.1 Å². The summed E-state index contributed by atoms with van der Waals surface area (Å²) >= 11 is 3.36. The molecular weight excluding hydrogens is 332 g/mol. The van der Waals surface area contributed by atoms with Gasteiger partial charge in [-0.1, -0.05) is 28.1 Å². The molecule has 4 nitrogen and oxygen atoms in total. The summed E-state index contributed by atoms with van der Waals surface area (Å²) in [7, 11) is 0. The molecule has 1 N–H and O–H groups in total. The van der Waals surface area contributed by atoms with Crippen LogP contribution < -0.4 is 10.2 Å². The Morgan fingerprint density at radius 1 is 1.10 bits per heavy atom. The van der Waals surface area contributed by atoms with Gasteiger partial charge in [-0.15, -0.1) is 0 Å².